The summed E-state index contributed by atoms with van der Waals surface area (Å²) in [7, 11) is 0. The van der Waals surface area contributed by atoms with E-state index in [-0.39, 0.29) is 6.54 Å². The van der Waals surface area contributed by atoms with E-state index in [0.717, 1.165) is 5.69 Å². The molecule has 2 N–H and O–H groups in total. The minimum absolute atomic E-state index is 0.0823. The van der Waals surface area contributed by atoms with Crippen molar-refractivity contribution in [3.63, 3.8) is 0 Å². The Hall–Kier alpha value is -1.04. The molecule has 3 nitrogen and oxygen atoms in total. The van der Waals surface area contributed by atoms with Crippen molar-refractivity contribution < 1.29 is 13.2 Å². The van der Waals surface area contributed by atoms with E-state index in [2.05, 4.69) is 4.98 Å². The molecule has 80 valence electrons. The maximum atomic E-state index is 11.8. The van der Waals surface area contributed by atoms with Gasteiger partial charge in [-0.1, -0.05) is 0 Å². The number of nitrogens with two attached hydrogens (primary N) is 1. The monoisotopic (exact) mass is 207 g/mol. The number of hydrogen-bond donors (Lipinski definition) is 1. The highest BCUT2D eigenvalue weighted by Gasteiger charge is 2.26. The molecule has 0 aliphatic rings. The van der Waals surface area contributed by atoms with Gasteiger partial charge in [-0.2, -0.15) is 13.2 Å². The zero-order valence-corrected chi connectivity index (χ0v) is 7.59. The molecule has 0 fully saturated rings. The van der Waals surface area contributed by atoms with Gasteiger partial charge in [-0.3, -0.25) is 0 Å². The van der Waals surface area contributed by atoms with Crippen molar-refractivity contribution in [2.24, 2.45) is 5.73 Å². The Morgan fingerprint density at radius 3 is 2.71 bits per heavy atom. The first-order chi connectivity index (χ1) is 6.51. The first kappa shape index (κ1) is 11.0. The topological polar surface area (TPSA) is 43.8 Å². The lowest BCUT2D eigenvalue weighted by Crippen LogP contribution is -2.11. The number of alkyl halides is 3. The molecule has 0 radical (unpaired) electrons. The quantitative estimate of drug-likeness (QED) is 0.809. The largest absolute Gasteiger partial charge is 0.390 e. The number of nitrogens with zero attached hydrogens (tertiary/aromatic N) is 2. The van der Waals surface area contributed by atoms with Gasteiger partial charge in [0.15, 0.2) is 0 Å². The predicted octanol–water partition coefficient (Wildman–Crippen LogP) is 1.34. The summed E-state index contributed by atoms with van der Waals surface area (Å²) in [5, 5.41) is 0. The first-order valence-electron chi connectivity index (χ1n) is 4.29. The SMILES string of the molecule is NCCc1cn(CCC(F)(F)F)cn1. The number of aryl methyl sites for hydroxylation is 1. The number of imidazole rings is 1. The van der Waals surface area contributed by atoms with E-state index in [1.165, 1.54) is 10.9 Å². The summed E-state index contributed by atoms with van der Waals surface area (Å²) in [5.74, 6) is 0. The van der Waals surface area contributed by atoms with Gasteiger partial charge in [0, 0.05) is 19.2 Å². The molecule has 0 unspecified atom stereocenters. The molecule has 0 bridgehead atoms. The zero-order valence-electron chi connectivity index (χ0n) is 7.59. The van der Waals surface area contributed by atoms with Crippen molar-refractivity contribution >= 4 is 0 Å². The lowest BCUT2D eigenvalue weighted by Gasteiger charge is -2.05. The average molecular weight is 207 g/mol. The van der Waals surface area contributed by atoms with Crippen molar-refractivity contribution in [3.05, 3.63) is 18.2 Å². The van der Waals surface area contributed by atoms with Gasteiger partial charge >= 0.3 is 6.18 Å². The molecule has 1 aromatic rings. The molecule has 1 aromatic heterocycles. The molecule has 0 aliphatic heterocycles. The van der Waals surface area contributed by atoms with Crippen LogP contribution >= 0.6 is 0 Å². The van der Waals surface area contributed by atoms with Gasteiger partial charge in [0.2, 0.25) is 0 Å². The molecule has 0 atom stereocenters. The number of aromatic nitrogens is 2. The summed E-state index contributed by atoms with van der Waals surface area (Å²) >= 11 is 0. The van der Waals surface area contributed by atoms with E-state index >= 15 is 0 Å². The molecular formula is C8H12F3N3. The van der Waals surface area contributed by atoms with E-state index < -0.39 is 12.6 Å². The molecule has 0 saturated carbocycles. The third kappa shape index (κ3) is 3.78. The second kappa shape index (κ2) is 4.45. The molecule has 6 heteroatoms. The normalized spacial score (nSPS) is 12.0. The zero-order chi connectivity index (χ0) is 10.6. The maximum absolute atomic E-state index is 11.8. The van der Waals surface area contributed by atoms with Crippen molar-refractivity contribution in [2.45, 2.75) is 25.6 Å². The van der Waals surface area contributed by atoms with E-state index in [0.29, 0.717) is 13.0 Å². The third-order valence-electron chi connectivity index (χ3n) is 1.74. The summed E-state index contributed by atoms with van der Waals surface area (Å²) in [6.45, 7) is 0.372. The summed E-state index contributed by atoms with van der Waals surface area (Å²) in [4.78, 5) is 3.92. The van der Waals surface area contributed by atoms with Gasteiger partial charge in [-0.25, -0.2) is 4.98 Å². The van der Waals surface area contributed by atoms with Gasteiger partial charge in [-0.05, 0) is 6.54 Å². The number of hydrogen-bond acceptors (Lipinski definition) is 2. The second-order valence-corrected chi connectivity index (χ2v) is 3.01. The van der Waals surface area contributed by atoms with Gasteiger partial charge in [0.1, 0.15) is 0 Å². The van der Waals surface area contributed by atoms with Crippen LogP contribution in [0.2, 0.25) is 0 Å². The van der Waals surface area contributed by atoms with Crippen molar-refractivity contribution in [2.75, 3.05) is 6.54 Å². The van der Waals surface area contributed by atoms with Crippen LogP contribution in [-0.4, -0.2) is 22.3 Å². The molecule has 0 amide bonds. The Morgan fingerprint density at radius 2 is 2.14 bits per heavy atom. The highest BCUT2D eigenvalue weighted by Crippen LogP contribution is 2.20. The van der Waals surface area contributed by atoms with Crippen molar-refractivity contribution in [3.8, 4) is 0 Å². The second-order valence-electron chi connectivity index (χ2n) is 3.01. The molecule has 14 heavy (non-hydrogen) atoms. The molecule has 0 spiro atoms. The van der Waals surface area contributed by atoms with Gasteiger partial charge in [0.05, 0.1) is 18.4 Å². The number of halogens is 3. The lowest BCUT2D eigenvalue weighted by atomic mass is 10.3. The fraction of sp³-hybridized carbons (Fsp3) is 0.625. The molecule has 0 aliphatic carbocycles. The molecule has 1 heterocycles. The Kier molecular flexibility index (Phi) is 3.51. The van der Waals surface area contributed by atoms with Crippen molar-refractivity contribution in [1.29, 1.82) is 0 Å². The van der Waals surface area contributed by atoms with Gasteiger partial charge in [-0.15, -0.1) is 0 Å². The van der Waals surface area contributed by atoms with Crippen LogP contribution in [0.15, 0.2) is 12.5 Å². The van der Waals surface area contributed by atoms with Crippen LogP contribution in [0.25, 0.3) is 0 Å². The molecular weight excluding hydrogens is 195 g/mol. The Morgan fingerprint density at radius 1 is 1.43 bits per heavy atom. The summed E-state index contributed by atoms with van der Waals surface area (Å²) < 4.78 is 37.0. The van der Waals surface area contributed by atoms with Crippen LogP contribution in [0.5, 0.6) is 0 Å². The van der Waals surface area contributed by atoms with E-state index in [4.69, 9.17) is 5.73 Å². The molecule has 0 aromatic carbocycles. The average Bonchev–Trinajstić information content (AvgIpc) is 2.49. The Labute approximate surface area is 79.7 Å². The van der Waals surface area contributed by atoms with Crippen LogP contribution in [0.3, 0.4) is 0 Å². The van der Waals surface area contributed by atoms with Crippen LogP contribution in [-0.2, 0) is 13.0 Å². The maximum Gasteiger partial charge on any atom is 0.390 e. The highest BCUT2D eigenvalue weighted by atomic mass is 19.4. The van der Waals surface area contributed by atoms with E-state index in [9.17, 15) is 13.2 Å². The van der Waals surface area contributed by atoms with Crippen LogP contribution < -0.4 is 5.73 Å². The Bertz CT molecular complexity index is 280. The standard InChI is InChI=1S/C8H12F3N3/c9-8(10,11)2-4-14-5-7(1-3-12)13-6-14/h5-6H,1-4,12H2. The van der Waals surface area contributed by atoms with E-state index in [1.54, 1.807) is 6.20 Å². The van der Waals surface area contributed by atoms with Gasteiger partial charge < -0.3 is 10.3 Å². The highest BCUT2D eigenvalue weighted by molar-refractivity contribution is 4.96. The Balaban J connectivity index is 2.44. The van der Waals surface area contributed by atoms with Crippen LogP contribution in [0, 0.1) is 0 Å². The smallest absolute Gasteiger partial charge is 0.337 e. The number of rotatable bonds is 4. The minimum atomic E-state index is -4.11. The fourth-order valence-corrected chi connectivity index (χ4v) is 1.06. The summed E-state index contributed by atoms with van der Waals surface area (Å²) in [6.07, 6.45) is -1.35. The van der Waals surface area contributed by atoms with Crippen molar-refractivity contribution in [1.82, 2.24) is 9.55 Å². The fourth-order valence-electron chi connectivity index (χ4n) is 1.06. The molecule has 1 rings (SSSR count). The van der Waals surface area contributed by atoms with Crippen LogP contribution in [0.1, 0.15) is 12.1 Å². The predicted molar refractivity (Wildman–Crippen MR) is 45.7 cm³/mol. The minimum Gasteiger partial charge on any atom is -0.337 e. The summed E-state index contributed by atoms with van der Waals surface area (Å²) in [5.41, 5.74) is 6.01. The van der Waals surface area contributed by atoms with Gasteiger partial charge in [0.25, 0.3) is 0 Å². The van der Waals surface area contributed by atoms with E-state index in [1.807, 2.05) is 0 Å². The summed E-state index contributed by atoms with van der Waals surface area (Å²) in [6, 6.07) is 0. The lowest BCUT2D eigenvalue weighted by molar-refractivity contribution is -0.136. The van der Waals surface area contributed by atoms with Crippen LogP contribution in [0.4, 0.5) is 13.2 Å². The first-order valence-corrected chi connectivity index (χ1v) is 4.29. The molecule has 0 saturated heterocycles. The third-order valence-corrected chi connectivity index (χ3v) is 1.74.